The zero-order chi connectivity index (χ0) is 13.1. The minimum atomic E-state index is 0.985. The maximum absolute atomic E-state index is 5.55. The second-order valence-electron chi connectivity index (χ2n) is 5.49. The third-order valence-corrected chi connectivity index (χ3v) is 3.97. The van der Waals surface area contributed by atoms with Gasteiger partial charge in [-0.15, -0.1) is 0 Å². The van der Waals surface area contributed by atoms with Crippen molar-refractivity contribution in [1.82, 2.24) is 9.91 Å². The summed E-state index contributed by atoms with van der Waals surface area (Å²) in [6, 6.07) is 10.3. The van der Waals surface area contributed by atoms with Crippen LogP contribution < -0.4 is 5.17 Å². The van der Waals surface area contributed by atoms with Gasteiger partial charge >= 0.3 is 0 Å². The molecule has 0 bridgehead atoms. The van der Waals surface area contributed by atoms with E-state index in [-0.39, 0.29) is 0 Å². The SMILES string of the molecule is CON(c1ccccc1)N1CCN(CC2CC2)CC1. The highest BCUT2D eigenvalue weighted by atomic mass is 16.7. The lowest BCUT2D eigenvalue weighted by atomic mass is 10.3. The molecule has 19 heavy (non-hydrogen) atoms. The van der Waals surface area contributed by atoms with Crippen LogP contribution in [0.2, 0.25) is 0 Å². The predicted molar refractivity (Wildman–Crippen MR) is 76.7 cm³/mol. The van der Waals surface area contributed by atoms with Crippen molar-refractivity contribution < 1.29 is 4.84 Å². The Morgan fingerprint density at radius 1 is 1.11 bits per heavy atom. The lowest BCUT2D eigenvalue weighted by Gasteiger charge is -2.40. The molecule has 3 rings (SSSR count). The highest BCUT2D eigenvalue weighted by molar-refractivity contribution is 5.42. The van der Waals surface area contributed by atoms with E-state index in [2.05, 4.69) is 22.0 Å². The van der Waals surface area contributed by atoms with Gasteiger partial charge in [-0.25, -0.2) is 0 Å². The summed E-state index contributed by atoms with van der Waals surface area (Å²) in [5.74, 6) is 0.985. The topological polar surface area (TPSA) is 19.0 Å². The zero-order valence-corrected chi connectivity index (χ0v) is 11.7. The van der Waals surface area contributed by atoms with Gasteiger partial charge in [-0.1, -0.05) is 18.2 Å². The highest BCUT2D eigenvalue weighted by Crippen LogP contribution is 2.30. The lowest BCUT2D eigenvalue weighted by molar-refractivity contribution is -0.00526. The van der Waals surface area contributed by atoms with E-state index in [1.165, 1.54) is 19.4 Å². The molecular formula is C15H23N3O. The van der Waals surface area contributed by atoms with Gasteiger partial charge in [-0.05, 0) is 30.9 Å². The Labute approximate surface area is 115 Å². The van der Waals surface area contributed by atoms with Crippen LogP contribution in [0, 0.1) is 5.92 Å². The summed E-state index contributed by atoms with van der Waals surface area (Å²) in [5, 5.41) is 4.22. The number of benzene rings is 1. The van der Waals surface area contributed by atoms with Crippen molar-refractivity contribution >= 4 is 5.69 Å². The van der Waals surface area contributed by atoms with Gasteiger partial charge in [-0.2, -0.15) is 10.2 Å². The maximum Gasteiger partial charge on any atom is 0.0825 e. The zero-order valence-electron chi connectivity index (χ0n) is 11.7. The maximum atomic E-state index is 5.55. The molecule has 0 amide bonds. The molecule has 1 heterocycles. The van der Waals surface area contributed by atoms with Gasteiger partial charge in [0.1, 0.15) is 0 Å². The van der Waals surface area contributed by atoms with E-state index in [4.69, 9.17) is 4.84 Å². The van der Waals surface area contributed by atoms with Crippen LogP contribution >= 0.6 is 0 Å². The van der Waals surface area contributed by atoms with Crippen LogP contribution in [0.3, 0.4) is 0 Å². The molecule has 0 unspecified atom stereocenters. The Bertz CT molecular complexity index is 386. The predicted octanol–water partition coefficient (Wildman–Crippen LogP) is 2.00. The van der Waals surface area contributed by atoms with Crippen molar-refractivity contribution in [3.63, 3.8) is 0 Å². The normalized spacial score (nSPS) is 21.5. The Morgan fingerprint density at radius 3 is 2.37 bits per heavy atom. The van der Waals surface area contributed by atoms with Crippen LogP contribution in [0.25, 0.3) is 0 Å². The van der Waals surface area contributed by atoms with Gasteiger partial charge in [0.05, 0.1) is 12.8 Å². The molecule has 4 heteroatoms. The van der Waals surface area contributed by atoms with Crippen molar-refractivity contribution in [1.29, 1.82) is 0 Å². The Hall–Kier alpha value is -1.10. The number of rotatable bonds is 5. The minimum absolute atomic E-state index is 0.985. The molecule has 0 spiro atoms. The van der Waals surface area contributed by atoms with Crippen LogP contribution in [-0.2, 0) is 4.84 Å². The third-order valence-electron chi connectivity index (χ3n) is 3.97. The van der Waals surface area contributed by atoms with Crippen LogP contribution in [0.1, 0.15) is 12.8 Å². The molecule has 1 aromatic carbocycles. The smallest absolute Gasteiger partial charge is 0.0825 e. The average molecular weight is 261 g/mol. The van der Waals surface area contributed by atoms with Crippen LogP contribution in [0.4, 0.5) is 5.69 Å². The van der Waals surface area contributed by atoms with E-state index in [1.807, 2.05) is 23.4 Å². The van der Waals surface area contributed by atoms with E-state index in [9.17, 15) is 0 Å². The first-order valence-electron chi connectivity index (χ1n) is 7.23. The Morgan fingerprint density at radius 2 is 1.79 bits per heavy atom. The monoisotopic (exact) mass is 261 g/mol. The van der Waals surface area contributed by atoms with Crippen LogP contribution in [-0.4, -0.2) is 49.7 Å². The third kappa shape index (κ3) is 3.26. The summed E-state index contributed by atoms with van der Waals surface area (Å²) in [7, 11) is 1.74. The summed E-state index contributed by atoms with van der Waals surface area (Å²) >= 11 is 0. The number of anilines is 1. The van der Waals surface area contributed by atoms with Crippen molar-refractivity contribution in [2.24, 2.45) is 5.92 Å². The first-order valence-corrected chi connectivity index (χ1v) is 7.23. The van der Waals surface area contributed by atoms with Gasteiger partial charge in [0, 0.05) is 32.7 Å². The molecule has 0 radical (unpaired) electrons. The molecule has 1 saturated carbocycles. The largest absolute Gasteiger partial charge is 0.300 e. The molecule has 0 N–H and O–H groups in total. The van der Waals surface area contributed by atoms with Gasteiger partial charge in [0.25, 0.3) is 0 Å². The van der Waals surface area contributed by atoms with Crippen molar-refractivity contribution in [2.45, 2.75) is 12.8 Å². The number of hydrogen-bond donors (Lipinski definition) is 0. The molecule has 0 aromatic heterocycles. The van der Waals surface area contributed by atoms with E-state index in [1.54, 1.807) is 7.11 Å². The molecule has 104 valence electrons. The van der Waals surface area contributed by atoms with E-state index in [0.29, 0.717) is 0 Å². The van der Waals surface area contributed by atoms with Crippen molar-refractivity contribution in [3.05, 3.63) is 30.3 Å². The number of piperazine rings is 1. The first-order chi connectivity index (χ1) is 9.36. The second-order valence-corrected chi connectivity index (χ2v) is 5.49. The average Bonchev–Trinajstić information content (AvgIpc) is 3.27. The van der Waals surface area contributed by atoms with Gasteiger partial charge in [-0.3, -0.25) is 4.84 Å². The van der Waals surface area contributed by atoms with Gasteiger partial charge < -0.3 is 4.90 Å². The van der Waals surface area contributed by atoms with Crippen LogP contribution in [0.5, 0.6) is 0 Å². The van der Waals surface area contributed by atoms with E-state index in [0.717, 1.165) is 37.8 Å². The number of nitrogens with zero attached hydrogens (tertiary/aromatic N) is 3. The number of hydrazine groups is 1. The quantitative estimate of drug-likeness (QED) is 0.755. The fourth-order valence-corrected chi connectivity index (χ4v) is 2.71. The molecule has 1 aliphatic carbocycles. The van der Waals surface area contributed by atoms with Crippen molar-refractivity contribution in [2.75, 3.05) is 45.0 Å². The fourth-order valence-electron chi connectivity index (χ4n) is 2.71. The Balaban J connectivity index is 1.56. The van der Waals surface area contributed by atoms with E-state index >= 15 is 0 Å². The molecule has 1 saturated heterocycles. The summed E-state index contributed by atoms with van der Waals surface area (Å²) < 4.78 is 0. The fraction of sp³-hybridized carbons (Fsp3) is 0.600. The van der Waals surface area contributed by atoms with Crippen molar-refractivity contribution in [3.8, 4) is 0 Å². The van der Waals surface area contributed by atoms with Gasteiger partial charge in [0.15, 0.2) is 0 Å². The number of hydrogen-bond acceptors (Lipinski definition) is 4. The van der Waals surface area contributed by atoms with E-state index < -0.39 is 0 Å². The molecule has 1 aliphatic heterocycles. The molecule has 1 aromatic rings. The molecule has 4 nitrogen and oxygen atoms in total. The van der Waals surface area contributed by atoms with Gasteiger partial charge in [0.2, 0.25) is 0 Å². The minimum Gasteiger partial charge on any atom is -0.300 e. The van der Waals surface area contributed by atoms with Crippen LogP contribution in [0.15, 0.2) is 30.3 Å². The summed E-state index contributed by atoms with van der Waals surface area (Å²) in [5.41, 5.74) is 1.10. The molecule has 0 atom stereocenters. The molecule has 2 fully saturated rings. The number of para-hydroxylation sites is 1. The summed E-state index contributed by atoms with van der Waals surface area (Å²) in [4.78, 5) is 8.14. The Kier molecular flexibility index (Phi) is 4.01. The summed E-state index contributed by atoms with van der Waals surface area (Å²) in [6.45, 7) is 5.66. The highest BCUT2D eigenvalue weighted by Gasteiger charge is 2.28. The second kappa shape index (κ2) is 5.90. The molecule has 2 aliphatic rings. The first kappa shape index (κ1) is 12.9. The summed E-state index contributed by atoms with van der Waals surface area (Å²) in [6.07, 6.45) is 2.88. The molecular weight excluding hydrogens is 238 g/mol. The standard InChI is InChI=1S/C15H23N3O/c1-19-18(15-5-3-2-4-6-15)17-11-9-16(10-12-17)13-14-7-8-14/h2-6,14H,7-13H2,1H3. The lowest BCUT2D eigenvalue weighted by Crippen LogP contribution is -2.53.